The molecule has 1 aliphatic carbocycles. The molecule has 0 saturated carbocycles. The Bertz CT molecular complexity index is 930. The van der Waals surface area contributed by atoms with Crippen molar-refractivity contribution in [2.75, 3.05) is 6.54 Å². The van der Waals surface area contributed by atoms with Crippen LogP contribution in [0.4, 0.5) is 4.39 Å². The molecule has 0 aliphatic heterocycles. The Morgan fingerprint density at radius 2 is 1.89 bits per heavy atom. The summed E-state index contributed by atoms with van der Waals surface area (Å²) in [7, 11) is 0. The summed E-state index contributed by atoms with van der Waals surface area (Å²) in [4.78, 5) is 38.1. The van der Waals surface area contributed by atoms with E-state index in [2.05, 4.69) is 5.32 Å². The van der Waals surface area contributed by atoms with Crippen molar-refractivity contribution in [2.24, 2.45) is 5.92 Å². The topological polar surface area (TPSA) is 68.2 Å². The number of fused-ring (bicyclic) bond motifs is 1. The van der Waals surface area contributed by atoms with Crippen molar-refractivity contribution in [1.29, 1.82) is 0 Å². The number of aromatic nitrogens is 1. The highest BCUT2D eigenvalue weighted by Crippen LogP contribution is 2.23. The maximum Gasteiger partial charge on any atom is 0.268 e. The molecule has 0 bridgehead atoms. The van der Waals surface area contributed by atoms with Gasteiger partial charge in [-0.15, -0.1) is 0 Å². The molecule has 0 fully saturated rings. The predicted molar refractivity (Wildman–Crippen MR) is 101 cm³/mol. The van der Waals surface area contributed by atoms with E-state index in [4.69, 9.17) is 0 Å². The summed E-state index contributed by atoms with van der Waals surface area (Å²) in [6, 6.07) is 6.90. The van der Waals surface area contributed by atoms with Gasteiger partial charge in [-0.3, -0.25) is 19.0 Å². The number of benzene rings is 1. The van der Waals surface area contributed by atoms with Gasteiger partial charge in [-0.1, -0.05) is 13.8 Å². The second-order valence-electron chi connectivity index (χ2n) is 7.25. The third-order valence-corrected chi connectivity index (χ3v) is 4.76. The monoisotopic (exact) mass is 370 g/mol. The van der Waals surface area contributed by atoms with E-state index in [0.29, 0.717) is 48.7 Å². The van der Waals surface area contributed by atoms with Crippen LogP contribution >= 0.6 is 0 Å². The maximum absolute atomic E-state index is 13.3. The van der Waals surface area contributed by atoms with Gasteiger partial charge in [-0.05, 0) is 55.5 Å². The number of halogens is 1. The standard InChI is InChI=1S/C21H23FN2O3/c1-13(2)10-11-23-20(26)17-12-16-18(4-3-5-19(16)25)24(21(17)27)15-8-6-14(22)7-9-15/h6-9,12-13H,3-5,10-11H2,1-2H3,(H,23,26). The number of carbonyl (C=O) groups is 2. The number of amides is 1. The molecule has 5 nitrogen and oxygen atoms in total. The maximum atomic E-state index is 13.3. The summed E-state index contributed by atoms with van der Waals surface area (Å²) in [5, 5.41) is 2.76. The quantitative estimate of drug-likeness (QED) is 0.878. The van der Waals surface area contributed by atoms with Crippen LogP contribution < -0.4 is 10.9 Å². The van der Waals surface area contributed by atoms with E-state index < -0.39 is 17.3 Å². The van der Waals surface area contributed by atoms with Crippen LogP contribution in [-0.4, -0.2) is 22.8 Å². The van der Waals surface area contributed by atoms with Crippen LogP contribution in [0.15, 0.2) is 35.1 Å². The third kappa shape index (κ3) is 3.99. The van der Waals surface area contributed by atoms with Crippen molar-refractivity contribution >= 4 is 11.7 Å². The van der Waals surface area contributed by atoms with Crippen LogP contribution in [0.3, 0.4) is 0 Å². The van der Waals surface area contributed by atoms with Crippen LogP contribution in [0.25, 0.3) is 5.69 Å². The number of ketones is 1. The molecule has 27 heavy (non-hydrogen) atoms. The number of rotatable bonds is 5. The molecular formula is C21H23FN2O3. The van der Waals surface area contributed by atoms with Crippen molar-refractivity contribution in [3.05, 3.63) is 63.3 Å². The van der Waals surface area contributed by atoms with Crippen molar-refractivity contribution in [3.63, 3.8) is 0 Å². The van der Waals surface area contributed by atoms with Gasteiger partial charge in [0.15, 0.2) is 5.78 Å². The molecule has 0 spiro atoms. The molecule has 1 aromatic heterocycles. The molecule has 0 atom stereocenters. The molecule has 2 aromatic rings. The van der Waals surface area contributed by atoms with Crippen molar-refractivity contribution in [3.8, 4) is 5.69 Å². The highest BCUT2D eigenvalue weighted by molar-refractivity contribution is 6.01. The molecule has 0 unspecified atom stereocenters. The van der Waals surface area contributed by atoms with Crippen LogP contribution in [0.2, 0.25) is 0 Å². The molecule has 1 amide bonds. The largest absolute Gasteiger partial charge is 0.352 e. The Kier molecular flexibility index (Phi) is 5.54. The molecule has 6 heteroatoms. The minimum absolute atomic E-state index is 0.0583. The number of pyridine rings is 1. The first-order valence-electron chi connectivity index (χ1n) is 9.24. The summed E-state index contributed by atoms with van der Waals surface area (Å²) < 4.78 is 14.7. The van der Waals surface area contributed by atoms with E-state index in [1.165, 1.54) is 34.9 Å². The first-order chi connectivity index (χ1) is 12.9. The molecule has 1 N–H and O–H groups in total. The summed E-state index contributed by atoms with van der Waals surface area (Å²) in [6.07, 6.45) is 2.39. The van der Waals surface area contributed by atoms with Gasteiger partial charge in [-0.2, -0.15) is 0 Å². The Morgan fingerprint density at radius 1 is 1.19 bits per heavy atom. The van der Waals surface area contributed by atoms with E-state index in [1.807, 2.05) is 13.8 Å². The van der Waals surface area contributed by atoms with Gasteiger partial charge >= 0.3 is 0 Å². The van der Waals surface area contributed by atoms with Gasteiger partial charge in [0.1, 0.15) is 11.4 Å². The van der Waals surface area contributed by atoms with Crippen LogP contribution in [0, 0.1) is 11.7 Å². The van der Waals surface area contributed by atoms with E-state index in [1.54, 1.807) is 0 Å². The molecular weight excluding hydrogens is 347 g/mol. The van der Waals surface area contributed by atoms with Gasteiger partial charge in [0.2, 0.25) is 0 Å². The van der Waals surface area contributed by atoms with Crippen molar-refractivity contribution in [1.82, 2.24) is 9.88 Å². The van der Waals surface area contributed by atoms with Gasteiger partial charge in [0.05, 0.1) is 0 Å². The van der Waals surface area contributed by atoms with Gasteiger partial charge in [0.25, 0.3) is 11.5 Å². The molecule has 3 rings (SSSR count). The molecule has 0 saturated heterocycles. The van der Waals surface area contributed by atoms with Crippen molar-refractivity contribution < 1.29 is 14.0 Å². The Hall–Kier alpha value is -2.76. The fraction of sp³-hybridized carbons (Fsp3) is 0.381. The second-order valence-corrected chi connectivity index (χ2v) is 7.25. The average Bonchev–Trinajstić information content (AvgIpc) is 2.62. The number of carbonyl (C=O) groups excluding carboxylic acids is 2. The SMILES string of the molecule is CC(C)CCNC(=O)c1cc2c(n(-c3ccc(F)cc3)c1=O)CCCC2=O. The fourth-order valence-corrected chi connectivity index (χ4v) is 3.29. The van der Waals surface area contributed by atoms with Crippen LogP contribution in [-0.2, 0) is 6.42 Å². The van der Waals surface area contributed by atoms with Gasteiger partial charge in [-0.25, -0.2) is 4.39 Å². The summed E-state index contributed by atoms with van der Waals surface area (Å²) in [6.45, 7) is 4.55. The molecule has 1 aliphatic rings. The Balaban J connectivity index is 2.10. The van der Waals surface area contributed by atoms with Crippen LogP contribution in [0.5, 0.6) is 0 Å². The smallest absolute Gasteiger partial charge is 0.268 e. The number of nitrogens with one attached hydrogen (secondary N) is 1. The van der Waals surface area contributed by atoms with E-state index in [-0.39, 0.29) is 11.3 Å². The van der Waals surface area contributed by atoms with Crippen LogP contribution in [0.1, 0.15) is 59.5 Å². The fourth-order valence-electron chi connectivity index (χ4n) is 3.29. The highest BCUT2D eigenvalue weighted by Gasteiger charge is 2.26. The number of hydrogen-bond acceptors (Lipinski definition) is 3. The molecule has 142 valence electrons. The minimum atomic E-state index is -0.489. The van der Waals surface area contributed by atoms with E-state index >= 15 is 0 Å². The summed E-state index contributed by atoms with van der Waals surface area (Å²) in [5.41, 5.74) is 0.888. The molecule has 0 radical (unpaired) electrons. The second kappa shape index (κ2) is 7.86. The number of hydrogen-bond donors (Lipinski definition) is 1. The third-order valence-electron chi connectivity index (χ3n) is 4.76. The Labute approximate surface area is 157 Å². The Morgan fingerprint density at radius 3 is 2.56 bits per heavy atom. The highest BCUT2D eigenvalue weighted by atomic mass is 19.1. The zero-order valence-electron chi connectivity index (χ0n) is 15.5. The number of Topliss-reactive ketones (excluding diaryl/α,β-unsaturated/α-hetero) is 1. The van der Waals surface area contributed by atoms with E-state index in [9.17, 15) is 18.8 Å². The lowest BCUT2D eigenvalue weighted by Gasteiger charge is -2.21. The first-order valence-corrected chi connectivity index (χ1v) is 9.24. The summed E-state index contributed by atoms with van der Waals surface area (Å²) >= 11 is 0. The lowest BCUT2D eigenvalue weighted by Crippen LogP contribution is -2.36. The lowest BCUT2D eigenvalue weighted by atomic mass is 9.92. The first kappa shape index (κ1) is 19.0. The molecule has 1 aromatic carbocycles. The zero-order chi connectivity index (χ0) is 19.6. The summed E-state index contributed by atoms with van der Waals surface area (Å²) in [5.74, 6) is -0.563. The van der Waals surface area contributed by atoms with E-state index in [0.717, 1.165) is 6.42 Å². The zero-order valence-corrected chi connectivity index (χ0v) is 15.5. The predicted octanol–water partition coefficient (Wildman–Crippen LogP) is 3.27. The molecule has 1 heterocycles. The average molecular weight is 370 g/mol. The minimum Gasteiger partial charge on any atom is -0.352 e. The number of nitrogens with zero attached hydrogens (tertiary/aromatic N) is 1. The lowest BCUT2D eigenvalue weighted by molar-refractivity contribution is 0.0950. The van der Waals surface area contributed by atoms with Crippen molar-refractivity contribution in [2.45, 2.75) is 39.5 Å². The van der Waals surface area contributed by atoms with Gasteiger partial charge in [0, 0.05) is 29.9 Å². The van der Waals surface area contributed by atoms with Gasteiger partial charge < -0.3 is 5.32 Å². The normalized spacial score (nSPS) is 13.6.